The average molecular weight is 331 g/mol. The fraction of sp³-hybridized carbons (Fsp3) is 0.462. The molecule has 3 nitrogen and oxygen atoms in total. The zero-order chi connectivity index (χ0) is 13.6. The van der Waals surface area contributed by atoms with Gasteiger partial charge in [-0.25, -0.2) is 0 Å². The van der Waals surface area contributed by atoms with Crippen LogP contribution >= 0.6 is 27.7 Å². The SMILES string of the molecule is CNC(C)(CCCSc1ccccc1Br)C(N)=O. The van der Waals surface area contributed by atoms with Gasteiger partial charge < -0.3 is 11.1 Å². The first-order chi connectivity index (χ1) is 8.49. The van der Waals surface area contributed by atoms with E-state index in [1.807, 2.05) is 25.1 Å². The van der Waals surface area contributed by atoms with Crippen LogP contribution in [0.2, 0.25) is 0 Å². The molecule has 0 aliphatic heterocycles. The topological polar surface area (TPSA) is 55.1 Å². The molecular weight excluding hydrogens is 312 g/mol. The Bertz CT molecular complexity index is 414. The van der Waals surface area contributed by atoms with Crippen molar-refractivity contribution in [3.05, 3.63) is 28.7 Å². The Morgan fingerprint density at radius 1 is 1.50 bits per heavy atom. The molecular formula is C13H19BrN2OS. The van der Waals surface area contributed by atoms with E-state index in [2.05, 4.69) is 27.3 Å². The predicted molar refractivity (Wildman–Crippen MR) is 80.8 cm³/mol. The molecule has 0 spiro atoms. The van der Waals surface area contributed by atoms with Gasteiger partial charge in [-0.1, -0.05) is 12.1 Å². The molecule has 0 aliphatic rings. The molecule has 3 N–H and O–H groups in total. The number of hydrogen-bond donors (Lipinski definition) is 2. The Kier molecular flexibility index (Phi) is 6.18. The van der Waals surface area contributed by atoms with Crippen molar-refractivity contribution in [1.29, 1.82) is 0 Å². The Balaban J connectivity index is 2.39. The summed E-state index contributed by atoms with van der Waals surface area (Å²) in [5.74, 6) is 0.670. The van der Waals surface area contributed by atoms with Crippen molar-refractivity contribution >= 4 is 33.6 Å². The van der Waals surface area contributed by atoms with Gasteiger partial charge in [-0.3, -0.25) is 4.79 Å². The third-order valence-corrected chi connectivity index (χ3v) is 5.12. The summed E-state index contributed by atoms with van der Waals surface area (Å²) in [6.07, 6.45) is 1.68. The van der Waals surface area contributed by atoms with Gasteiger partial charge >= 0.3 is 0 Å². The lowest BCUT2D eigenvalue weighted by Crippen LogP contribution is -2.51. The number of nitrogens with two attached hydrogens (primary N) is 1. The Hall–Kier alpha value is -0.520. The maximum absolute atomic E-state index is 11.3. The van der Waals surface area contributed by atoms with Gasteiger partial charge in [0.1, 0.15) is 0 Å². The van der Waals surface area contributed by atoms with Gasteiger partial charge in [0.25, 0.3) is 0 Å². The van der Waals surface area contributed by atoms with Crippen molar-refractivity contribution in [2.75, 3.05) is 12.8 Å². The van der Waals surface area contributed by atoms with E-state index in [1.165, 1.54) is 4.90 Å². The maximum atomic E-state index is 11.3. The highest BCUT2D eigenvalue weighted by Crippen LogP contribution is 2.28. The number of nitrogens with one attached hydrogen (secondary N) is 1. The second-order valence-corrected chi connectivity index (χ2v) is 6.32. The third kappa shape index (κ3) is 4.30. The van der Waals surface area contributed by atoms with Crippen LogP contribution in [0.1, 0.15) is 19.8 Å². The molecule has 1 rings (SSSR count). The Morgan fingerprint density at radius 3 is 2.72 bits per heavy atom. The number of benzene rings is 1. The molecule has 1 unspecified atom stereocenters. The van der Waals surface area contributed by atoms with Crippen molar-refractivity contribution in [1.82, 2.24) is 5.32 Å². The van der Waals surface area contributed by atoms with Crippen LogP contribution in [0.3, 0.4) is 0 Å². The standard InChI is InChI=1S/C13H19BrN2OS/c1-13(16-2,12(15)17)8-5-9-18-11-7-4-3-6-10(11)14/h3-4,6-7,16H,5,8-9H2,1-2H3,(H2,15,17). The molecule has 100 valence electrons. The molecule has 1 aromatic rings. The van der Waals surface area contributed by atoms with Gasteiger partial charge in [-0.2, -0.15) is 0 Å². The first-order valence-corrected chi connectivity index (χ1v) is 7.63. The highest BCUT2D eigenvalue weighted by Gasteiger charge is 2.27. The number of primary amides is 1. The molecule has 0 aliphatic carbocycles. The van der Waals surface area contributed by atoms with E-state index in [9.17, 15) is 4.79 Å². The van der Waals surface area contributed by atoms with Crippen LogP contribution in [0.15, 0.2) is 33.6 Å². The van der Waals surface area contributed by atoms with Gasteiger partial charge in [0.05, 0.1) is 5.54 Å². The van der Waals surface area contributed by atoms with Gasteiger partial charge in [0, 0.05) is 9.37 Å². The number of carbonyl (C=O) groups excluding carboxylic acids is 1. The van der Waals surface area contributed by atoms with Crippen molar-refractivity contribution in [2.24, 2.45) is 5.73 Å². The third-order valence-electron chi connectivity index (χ3n) is 3.01. The van der Waals surface area contributed by atoms with Crippen LogP contribution in [0, 0.1) is 0 Å². The molecule has 5 heteroatoms. The van der Waals surface area contributed by atoms with E-state index in [0.717, 1.165) is 23.1 Å². The number of rotatable bonds is 7. The van der Waals surface area contributed by atoms with Crippen LogP contribution in [0.4, 0.5) is 0 Å². The van der Waals surface area contributed by atoms with Crippen LogP contribution in [0.5, 0.6) is 0 Å². The van der Waals surface area contributed by atoms with E-state index in [0.29, 0.717) is 0 Å². The molecule has 0 radical (unpaired) electrons. The van der Waals surface area contributed by atoms with E-state index in [1.54, 1.807) is 18.8 Å². The molecule has 0 aromatic heterocycles. The summed E-state index contributed by atoms with van der Waals surface area (Å²) in [6.45, 7) is 1.85. The molecule has 0 heterocycles. The summed E-state index contributed by atoms with van der Waals surface area (Å²) in [4.78, 5) is 12.5. The average Bonchev–Trinajstić information content (AvgIpc) is 2.36. The van der Waals surface area contributed by atoms with E-state index in [-0.39, 0.29) is 5.91 Å². The van der Waals surface area contributed by atoms with Crippen molar-refractivity contribution in [2.45, 2.75) is 30.2 Å². The summed E-state index contributed by atoms with van der Waals surface area (Å²) < 4.78 is 1.11. The van der Waals surface area contributed by atoms with Crippen molar-refractivity contribution in [3.63, 3.8) is 0 Å². The largest absolute Gasteiger partial charge is 0.368 e. The normalized spacial score (nSPS) is 14.2. The van der Waals surface area contributed by atoms with Crippen LogP contribution < -0.4 is 11.1 Å². The zero-order valence-corrected chi connectivity index (χ0v) is 13.1. The number of amides is 1. The predicted octanol–water partition coefficient (Wildman–Crippen LogP) is 2.78. The highest BCUT2D eigenvalue weighted by molar-refractivity contribution is 9.10. The quantitative estimate of drug-likeness (QED) is 0.597. The Morgan fingerprint density at radius 2 is 2.17 bits per heavy atom. The summed E-state index contributed by atoms with van der Waals surface area (Å²) in [5.41, 5.74) is 4.78. The fourth-order valence-corrected chi connectivity index (χ4v) is 3.06. The zero-order valence-electron chi connectivity index (χ0n) is 10.7. The van der Waals surface area contributed by atoms with E-state index < -0.39 is 5.54 Å². The lowest BCUT2D eigenvalue weighted by molar-refractivity contribution is -0.123. The summed E-state index contributed by atoms with van der Waals surface area (Å²) >= 11 is 5.30. The second kappa shape index (κ2) is 7.16. The summed E-state index contributed by atoms with van der Waals surface area (Å²) in [7, 11) is 1.77. The van der Waals surface area contributed by atoms with Crippen LogP contribution in [0.25, 0.3) is 0 Å². The lowest BCUT2D eigenvalue weighted by Gasteiger charge is -2.25. The highest BCUT2D eigenvalue weighted by atomic mass is 79.9. The minimum Gasteiger partial charge on any atom is -0.368 e. The number of carbonyl (C=O) groups is 1. The monoisotopic (exact) mass is 330 g/mol. The van der Waals surface area contributed by atoms with Gasteiger partial charge in [0.15, 0.2) is 0 Å². The van der Waals surface area contributed by atoms with Gasteiger partial charge in [-0.15, -0.1) is 11.8 Å². The second-order valence-electron chi connectivity index (χ2n) is 4.33. The number of halogens is 1. The molecule has 18 heavy (non-hydrogen) atoms. The molecule has 1 amide bonds. The minimum atomic E-state index is -0.603. The summed E-state index contributed by atoms with van der Waals surface area (Å²) in [6, 6.07) is 8.14. The van der Waals surface area contributed by atoms with Gasteiger partial charge in [0.2, 0.25) is 5.91 Å². The Labute approximate surface area is 121 Å². The first-order valence-electron chi connectivity index (χ1n) is 5.86. The molecule has 0 bridgehead atoms. The number of thioether (sulfide) groups is 1. The molecule has 0 saturated carbocycles. The van der Waals surface area contributed by atoms with Crippen LogP contribution in [-0.2, 0) is 4.79 Å². The summed E-state index contributed by atoms with van der Waals surface area (Å²) in [5, 5.41) is 2.99. The minimum absolute atomic E-state index is 0.295. The van der Waals surface area contributed by atoms with Crippen molar-refractivity contribution < 1.29 is 4.79 Å². The van der Waals surface area contributed by atoms with E-state index in [4.69, 9.17) is 5.73 Å². The lowest BCUT2D eigenvalue weighted by atomic mass is 9.96. The van der Waals surface area contributed by atoms with E-state index >= 15 is 0 Å². The molecule has 0 saturated heterocycles. The number of likely N-dealkylation sites (N-methyl/N-ethyl adjacent to an activating group) is 1. The van der Waals surface area contributed by atoms with Crippen molar-refractivity contribution in [3.8, 4) is 0 Å². The number of hydrogen-bond acceptors (Lipinski definition) is 3. The fourth-order valence-electron chi connectivity index (χ4n) is 1.54. The van der Waals surface area contributed by atoms with Crippen LogP contribution in [-0.4, -0.2) is 24.2 Å². The molecule has 1 atom stereocenters. The molecule has 1 aromatic carbocycles. The molecule has 0 fully saturated rings. The smallest absolute Gasteiger partial charge is 0.237 e. The van der Waals surface area contributed by atoms with Gasteiger partial charge in [-0.05, 0) is 60.6 Å². The maximum Gasteiger partial charge on any atom is 0.237 e. The first kappa shape index (κ1) is 15.5.